The predicted molar refractivity (Wildman–Crippen MR) is 78.1 cm³/mol. The van der Waals surface area contributed by atoms with Crippen LogP contribution in [0.5, 0.6) is 11.6 Å². The first-order valence-electron chi connectivity index (χ1n) is 6.98. The first-order chi connectivity index (χ1) is 10.4. The molecule has 128 valence electrons. The third kappa shape index (κ3) is 2.99. The molecule has 2 rings (SSSR count). The van der Waals surface area contributed by atoms with Crippen molar-refractivity contribution in [2.75, 3.05) is 14.2 Å². The van der Waals surface area contributed by atoms with Crippen molar-refractivity contribution in [3.05, 3.63) is 11.8 Å². The quantitative estimate of drug-likeness (QED) is 0.795. The lowest BCUT2D eigenvalue weighted by atomic mass is 9.75. The van der Waals surface area contributed by atoms with Crippen molar-refractivity contribution in [3.63, 3.8) is 0 Å². The Bertz CT molecular complexity index is 588. The number of ether oxygens (including phenoxy) is 2. The maximum Gasteiger partial charge on any atom is 0.499 e. The molecule has 23 heavy (non-hydrogen) atoms. The van der Waals surface area contributed by atoms with Gasteiger partial charge in [-0.25, -0.2) is 4.98 Å². The van der Waals surface area contributed by atoms with Crippen LogP contribution in [0.4, 0.5) is 13.2 Å². The van der Waals surface area contributed by atoms with Gasteiger partial charge in [-0.2, -0.15) is 13.2 Å². The highest BCUT2D eigenvalue weighted by atomic mass is 19.4. The fourth-order valence-corrected chi connectivity index (χ4v) is 2.25. The van der Waals surface area contributed by atoms with Crippen molar-refractivity contribution in [3.8, 4) is 11.6 Å². The number of methoxy groups -OCH3 is 2. The summed E-state index contributed by atoms with van der Waals surface area (Å²) in [6, 6.07) is 0. The molecule has 1 aliphatic heterocycles. The molecule has 1 aromatic rings. The van der Waals surface area contributed by atoms with E-state index in [0.29, 0.717) is 6.20 Å². The Kier molecular flexibility index (Phi) is 4.32. The van der Waals surface area contributed by atoms with Crippen LogP contribution >= 0.6 is 0 Å². The number of hydrogen-bond donors (Lipinski definition) is 0. The lowest BCUT2D eigenvalue weighted by Crippen LogP contribution is -2.41. The molecule has 0 aromatic carbocycles. The van der Waals surface area contributed by atoms with Gasteiger partial charge in [-0.15, -0.1) is 0 Å². The number of hydrogen-bond acceptors (Lipinski definition) is 5. The molecule has 9 heteroatoms. The maximum absolute atomic E-state index is 13.4. The summed E-state index contributed by atoms with van der Waals surface area (Å²) in [5, 5.41) is 0. The van der Waals surface area contributed by atoms with E-state index in [1.807, 2.05) is 0 Å². The summed E-state index contributed by atoms with van der Waals surface area (Å²) >= 11 is 0. The van der Waals surface area contributed by atoms with Gasteiger partial charge in [0.15, 0.2) is 5.75 Å². The summed E-state index contributed by atoms with van der Waals surface area (Å²) in [5.74, 6) is -0.217. The zero-order valence-corrected chi connectivity index (χ0v) is 13.9. The topological polar surface area (TPSA) is 49.8 Å². The molecule has 0 radical (unpaired) electrons. The van der Waals surface area contributed by atoms with Crippen LogP contribution in [0, 0.1) is 0 Å². The minimum absolute atomic E-state index is 0.0646. The zero-order chi connectivity index (χ0) is 17.6. The minimum atomic E-state index is -4.63. The third-order valence-corrected chi connectivity index (χ3v) is 4.23. The molecule has 0 unspecified atom stereocenters. The minimum Gasteiger partial charge on any atom is -0.492 e. The average Bonchev–Trinajstić information content (AvgIpc) is 2.64. The van der Waals surface area contributed by atoms with Crippen LogP contribution in [0.15, 0.2) is 6.20 Å². The number of nitrogens with zero attached hydrogens (tertiary/aromatic N) is 1. The van der Waals surface area contributed by atoms with Crippen molar-refractivity contribution in [1.82, 2.24) is 4.98 Å². The molecular formula is C14H19BF3NO4. The third-order valence-electron chi connectivity index (χ3n) is 4.23. The smallest absolute Gasteiger partial charge is 0.492 e. The number of aromatic nitrogens is 1. The average molecular weight is 333 g/mol. The Hall–Kier alpha value is -1.48. The number of alkyl halides is 3. The molecule has 0 aliphatic carbocycles. The second-order valence-electron chi connectivity index (χ2n) is 6.21. The first kappa shape index (κ1) is 17.9. The normalized spacial score (nSPS) is 19.8. The molecule has 0 spiro atoms. The molecule has 0 N–H and O–H groups in total. The van der Waals surface area contributed by atoms with Crippen LogP contribution in [-0.4, -0.2) is 37.5 Å². The van der Waals surface area contributed by atoms with Crippen molar-refractivity contribution in [2.24, 2.45) is 0 Å². The van der Waals surface area contributed by atoms with Crippen LogP contribution in [0.2, 0.25) is 0 Å². The Balaban J connectivity index is 2.65. The lowest BCUT2D eigenvalue weighted by molar-refractivity contribution is -0.137. The highest BCUT2D eigenvalue weighted by Gasteiger charge is 2.55. The zero-order valence-electron chi connectivity index (χ0n) is 13.9. The van der Waals surface area contributed by atoms with Gasteiger partial charge in [0.1, 0.15) is 0 Å². The standard InChI is InChI=1S/C14H19BF3NO4/c1-12(2)13(3,4)23-15(22-12)9-8(14(16,17)18)7-19-11(21-6)10(9)20-5/h7H,1-6H3. The van der Waals surface area contributed by atoms with Gasteiger partial charge in [0, 0.05) is 11.7 Å². The lowest BCUT2D eigenvalue weighted by Gasteiger charge is -2.32. The van der Waals surface area contributed by atoms with E-state index in [2.05, 4.69) is 4.98 Å². The van der Waals surface area contributed by atoms with Gasteiger partial charge < -0.3 is 18.8 Å². The monoisotopic (exact) mass is 333 g/mol. The number of halogens is 3. The summed E-state index contributed by atoms with van der Waals surface area (Å²) in [4.78, 5) is 3.66. The van der Waals surface area contributed by atoms with E-state index >= 15 is 0 Å². The van der Waals surface area contributed by atoms with E-state index in [0.717, 1.165) is 0 Å². The Morgan fingerprint density at radius 2 is 1.57 bits per heavy atom. The summed E-state index contributed by atoms with van der Waals surface area (Å²) in [6.07, 6.45) is -3.94. The molecule has 1 aromatic heterocycles. The van der Waals surface area contributed by atoms with Crippen LogP contribution in [0.3, 0.4) is 0 Å². The van der Waals surface area contributed by atoms with Gasteiger partial charge in [0.05, 0.1) is 31.0 Å². The van der Waals surface area contributed by atoms with Crippen molar-refractivity contribution >= 4 is 12.6 Å². The van der Waals surface area contributed by atoms with Gasteiger partial charge in [-0.3, -0.25) is 0 Å². The van der Waals surface area contributed by atoms with E-state index < -0.39 is 30.1 Å². The van der Waals surface area contributed by atoms with E-state index in [1.165, 1.54) is 14.2 Å². The molecular weight excluding hydrogens is 314 g/mol. The molecule has 1 aliphatic rings. The largest absolute Gasteiger partial charge is 0.499 e. The number of pyridine rings is 1. The van der Waals surface area contributed by atoms with Crippen LogP contribution in [-0.2, 0) is 15.5 Å². The van der Waals surface area contributed by atoms with Gasteiger partial charge >= 0.3 is 13.3 Å². The van der Waals surface area contributed by atoms with Gasteiger partial charge in [0.25, 0.3) is 5.88 Å². The van der Waals surface area contributed by atoms with E-state index in [1.54, 1.807) is 27.7 Å². The predicted octanol–water partition coefficient (Wildman–Crippen LogP) is 2.42. The Morgan fingerprint density at radius 1 is 1.04 bits per heavy atom. The fraction of sp³-hybridized carbons (Fsp3) is 0.643. The fourth-order valence-electron chi connectivity index (χ4n) is 2.25. The second-order valence-corrected chi connectivity index (χ2v) is 6.21. The summed E-state index contributed by atoms with van der Waals surface area (Å²) < 4.78 is 61.8. The number of rotatable bonds is 3. The van der Waals surface area contributed by atoms with Crippen molar-refractivity contribution < 1.29 is 32.0 Å². The Morgan fingerprint density at radius 3 is 1.96 bits per heavy atom. The molecule has 0 atom stereocenters. The summed E-state index contributed by atoms with van der Waals surface area (Å²) in [7, 11) is 1.30. The second kappa shape index (κ2) is 5.56. The molecule has 5 nitrogen and oxygen atoms in total. The summed E-state index contributed by atoms with van der Waals surface area (Å²) in [5.41, 5.74) is -2.83. The molecule has 2 heterocycles. The van der Waals surface area contributed by atoms with Gasteiger partial charge in [-0.1, -0.05) is 0 Å². The molecule has 1 fully saturated rings. The Labute approximate surface area is 133 Å². The van der Waals surface area contributed by atoms with E-state index in [9.17, 15) is 13.2 Å². The van der Waals surface area contributed by atoms with Crippen LogP contribution in [0.25, 0.3) is 0 Å². The van der Waals surface area contributed by atoms with E-state index in [4.69, 9.17) is 18.8 Å². The van der Waals surface area contributed by atoms with Crippen molar-refractivity contribution in [2.45, 2.75) is 45.1 Å². The SMILES string of the molecule is COc1ncc(C(F)(F)F)c(B2OC(C)(C)C(C)(C)O2)c1OC. The van der Waals surface area contributed by atoms with Gasteiger partial charge in [0.2, 0.25) is 0 Å². The van der Waals surface area contributed by atoms with Crippen LogP contribution in [0.1, 0.15) is 33.3 Å². The first-order valence-corrected chi connectivity index (χ1v) is 6.98. The highest BCUT2D eigenvalue weighted by molar-refractivity contribution is 6.63. The highest BCUT2D eigenvalue weighted by Crippen LogP contribution is 2.40. The maximum atomic E-state index is 13.4. The van der Waals surface area contributed by atoms with Crippen LogP contribution < -0.4 is 14.9 Å². The molecule has 0 amide bonds. The summed E-state index contributed by atoms with van der Waals surface area (Å²) in [6.45, 7) is 7.02. The van der Waals surface area contributed by atoms with Gasteiger partial charge in [-0.05, 0) is 27.7 Å². The van der Waals surface area contributed by atoms with E-state index in [-0.39, 0.29) is 17.1 Å². The molecule has 1 saturated heterocycles. The van der Waals surface area contributed by atoms with Crippen molar-refractivity contribution in [1.29, 1.82) is 0 Å². The molecule has 0 saturated carbocycles. The molecule has 0 bridgehead atoms.